The van der Waals surface area contributed by atoms with Crippen molar-refractivity contribution in [1.29, 1.82) is 0 Å². The van der Waals surface area contributed by atoms with Crippen LogP contribution in [0.25, 0.3) is 11.6 Å². The Morgan fingerprint density at radius 2 is 2.42 bits per heavy atom. The van der Waals surface area contributed by atoms with Gasteiger partial charge < -0.3 is 19.4 Å². The first-order valence-electron chi connectivity index (χ1n) is 8.77. The van der Waals surface area contributed by atoms with Crippen LogP contribution >= 0.6 is 24.0 Å². The molecule has 0 radical (unpaired) electrons. The van der Waals surface area contributed by atoms with Crippen molar-refractivity contribution >= 4 is 29.9 Å². The molecule has 2 aromatic rings. The fourth-order valence-electron chi connectivity index (χ4n) is 3.01. The average Bonchev–Trinajstić information content (AvgIpc) is 3.35. The van der Waals surface area contributed by atoms with Crippen LogP contribution in [0.5, 0.6) is 0 Å². The van der Waals surface area contributed by atoms with Crippen LogP contribution in [0, 0.1) is 5.92 Å². The van der Waals surface area contributed by atoms with Gasteiger partial charge in [-0.25, -0.2) is 4.98 Å². The van der Waals surface area contributed by atoms with E-state index < -0.39 is 0 Å². The third kappa shape index (κ3) is 5.44. The molecule has 2 aromatic heterocycles. The minimum Gasteiger partial charge on any atom is -0.461 e. The summed E-state index contributed by atoms with van der Waals surface area (Å²) in [7, 11) is 1.76. The van der Waals surface area contributed by atoms with E-state index >= 15 is 0 Å². The van der Waals surface area contributed by atoms with E-state index in [1.807, 2.05) is 12.1 Å². The standard InChI is InChI=1S/C17H26N6O2.HI/c1-3-18-17(23-9-7-13(11-23)12-24-2)19-8-6-15-20-16(22-21-15)14-5-4-10-25-14;/h4-5,10,13H,3,6-9,11-12H2,1-2H3,(H,18,19)(H,20,21,22);1H. The van der Waals surface area contributed by atoms with E-state index in [2.05, 4.69) is 32.3 Å². The van der Waals surface area contributed by atoms with Gasteiger partial charge in [0.05, 0.1) is 12.9 Å². The number of H-pyrrole nitrogens is 1. The summed E-state index contributed by atoms with van der Waals surface area (Å²) in [5, 5.41) is 10.5. The molecular weight excluding hydrogens is 447 g/mol. The maximum absolute atomic E-state index is 5.31. The van der Waals surface area contributed by atoms with E-state index in [0.717, 1.165) is 44.4 Å². The molecule has 0 spiro atoms. The number of ether oxygens (including phenoxy) is 1. The van der Waals surface area contributed by atoms with Crippen molar-refractivity contribution in [2.75, 3.05) is 39.9 Å². The first-order chi connectivity index (χ1) is 12.3. The van der Waals surface area contributed by atoms with Crippen molar-refractivity contribution in [2.45, 2.75) is 19.8 Å². The van der Waals surface area contributed by atoms with Crippen molar-refractivity contribution in [3.8, 4) is 11.6 Å². The number of hydrogen-bond donors (Lipinski definition) is 2. The first-order valence-corrected chi connectivity index (χ1v) is 8.77. The number of rotatable bonds is 7. The number of methoxy groups -OCH3 is 1. The van der Waals surface area contributed by atoms with E-state index in [1.54, 1.807) is 13.4 Å². The molecule has 3 rings (SSSR count). The Bertz CT molecular complexity index is 673. The molecule has 1 fully saturated rings. The minimum atomic E-state index is 0. The number of aromatic nitrogens is 3. The largest absolute Gasteiger partial charge is 0.461 e. The van der Waals surface area contributed by atoms with Gasteiger partial charge >= 0.3 is 0 Å². The lowest BCUT2D eigenvalue weighted by Crippen LogP contribution is -2.40. The van der Waals surface area contributed by atoms with Gasteiger partial charge in [0, 0.05) is 45.6 Å². The molecule has 1 saturated heterocycles. The fraction of sp³-hybridized carbons (Fsp3) is 0.588. The number of likely N-dealkylation sites (tertiary alicyclic amines) is 1. The van der Waals surface area contributed by atoms with Crippen LogP contribution in [0.2, 0.25) is 0 Å². The molecule has 144 valence electrons. The summed E-state index contributed by atoms with van der Waals surface area (Å²) in [6, 6.07) is 3.67. The van der Waals surface area contributed by atoms with E-state index in [0.29, 0.717) is 30.5 Å². The second-order valence-electron chi connectivity index (χ2n) is 6.12. The smallest absolute Gasteiger partial charge is 0.216 e. The zero-order valence-corrected chi connectivity index (χ0v) is 17.6. The number of hydrogen-bond acceptors (Lipinski definition) is 5. The molecule has 0 saturated carbocycles. The van der Waals surface area contributed by atoms with Gasteiger partial charge in [-0.2, -0.15) is 5.10 Å². The Labute approximate surface area is 170 Å². The van der Waals surface area contributed by atoms with Crippen LogP contribution in [0.4, 0.5) is 0 Å². The third-order valence-electron chi connectivity index (χ3n) is 4.21. The highest BCUT2D eigenvalue weighted by molar-refractivity contribution is 14.0. The van der Waals surface area contributed by atoms with Crippen molar-refractivity contribution in [1.82, 2.24) is 25.4 Å². The van der Waals surface area contributed by atoms with Crippen LogP contribution in [-0.4, -0.2) is 65.9 Å². The molecule has 0 amide bonds. The molecule has 26 heavy (non-hydrogen) atoms. The molecule has 1 unspecified atom stereocenters. The van der Waals surface area contributed by atoms with E-state index in [4.69, 9.17) is 14.1 Å². The van der Waals surface area contributed by atoms with Crippen LogP contribution in [-0.2, 0) is 11.2 Å². The summed E-state index contributed by atoms with van der Waals surface area (Å²) in [5.41, 5.74) is 0. The summed E-state index contributed by atoms with van der Waals surface area (Å²) in [4.78, 5) is 11.5. The normalized spacial score (nSPS) is 17.4. The van der Waals surface area contributed by atoms with E-state index in [9.17, 15) is 0 Å². The lowest BCUT2D eigenvalue weighted by Gasteiger charge is -2.21. The minimum absolute atomic E-state index is 0. The molecule has 1 atom stereocenters. The molecule has 1 aliphatic heterocycles. The van der Waals surface area contributed by atoms with Crippen molar-refractivity contribution < 1.29 is 9.15 Å². The maximum Gasteiger partial charge on any atom is 0.216 e. The highest BCUT2D eigenvalue weighted by atomic mass is 127. The molecule has 3 heterocycles. The summed E-state index contributed by atoms with van der Waals surface area (Å²) in [5.74, 6) is 3.61. The SMILES string of the molecule is CCNC(=NCCc1nc(-c2ccco2)n[nH]1)N1CCC(COC)C1.I. The maximum atomic E-state index is 5.31. The summed E-state index contributed by atoms with van der Waals surface area (Å²) in [6.07, 6.45) is 3.47. The summed E-state index contributed by atoms with van der Waals surface area (Å²) < 4.78 is 10.6. The molecule has 0 aliphatic carbocycles. The van der Waals surface area contributed by atoms with E-state index in [1.165, 1.54) is 0 Å². The van der Waals surface area contributed by atoms with Crippen LogP contribution in [0.3, 0.4) is 0 Å². The van der Waals surface area contributed by atoms with Gasteiger partial charge in [0.25, 0.3) is 0 Å². The number of nitrogens with zero attached hydrogens (tertiary/aromatic N) is 4. The van der Waals surface area contributed by atoms with Crippen LogP contribution < -0.4 is 5.32 Å². The number of guanidine groups is 1. The van der Waals surface area contributed by atoms with Gasteiger partial charge in [-0.15, -0.1) is 24.0 Å². The average molecular weight is 474 g/mol. The predicted octanol–water partition coefficient (Wildman–Crippen LogP) is 2.16. The molecule has 2 N–H and O–H groups in total. The van der Waals surface area contributed by atoms with Gasteiger partial charge in [-0.1, -0.05) is 0 Å². The Balaban J connectivity index is 0.00000243. The number of nitrogens with one attached hydrogen (secondary N) is 2. The van der Waals surface area contributed by atoms with Gasteiger partial charge in [0.1, 0.15) is 5.82 Å². The van der Waals surface area contributed by atoms with Crippen LogP contribution in [0.1, 0.15) is 19.2 Å². The molecule has 9 heteroatoms. The monoisotopic (exact) mass is 474 g/mol. The highest BCUT2D eigenvalue weighted by Crippen LogP contribution is 2.17. The van der Waals surface area contributed by atoms with Gasteiger partial charge in [-0.3, -0.25) is 10.1 Å². The van der Waals surface area contributed by atoms with Crippen molar-refractivity contribution in [3.05, 3.63) is 24.2 Å². The van der Waals surface area contributed by atoms with Gasteiger partial charge in [0.2, 0.25) is 5.82 Å². The Hall–Kier alpha value is -1.62. The Kier molecular flexibility index (Phi) is 8.36. The summed E-state index contributed by atoms with van der Waals surface area (Å²) >= 11 is 0. The highest BCUT2D eigenvalue weighted by Gasteiger charge is 2.24. The Morgan fingerprint density at radius 1 is 1.54 bits per heavy atom. The topological polar surface area (TPSA) is 91.6 Å². The number of aliphatic imine (C=N–C) groups is 1. The lowest BCUT2D eigenvalue weighted by molar-refractivity contribution is 0.157. The Morgan fingerprint density at radius 3 is 3.15 bits per heavy atom. The van der Waals surface area contributed by atoms with Crippen molar-refractivity contribution in [3.63, 3.8) is 0 Å². The number of halogens is 1. The molecule has 0 bridgehead atoms. The molecule has 1 aliphatic rings. The zero-order valence-electron chi connectivity index (χ0n) is 15.3. The number of furan rings is 1. The fourth-order valence-corrected chi connectivity index (χ4v) is 3.01. The molecular formula is C17H27IN6O2. The zero-order chi connectivity index (χ0) is 17.5. The van der Waals surface area contributed by atoms with Gasteiger partial charge in [0.15, 0.2) is 11.7 Å². The third-order valence-corrected chi connectivity index (χ3v) is 4.21. The molecule has 0 aromatic carbocycles. The van der Waals surface area contributed by atoms with E-state index in [-0.39, 0.29) is 24.0 Å². The van der Waals surface area contributed by atoms with Crippen LogP contribution in [0.15, 0.2) is 27.8 Å². The summed E-state index contributed by atoms with van der Waals surface area (Å²) in [6.45, 7) is 6.42. The van der Waals surface area contributed by atoms with Crippen molar-refractivity contribution in [2.24, 2.45) is 10.9 Å². The molecule has 8 nitrogen and oxygen atoms in total. The lowest BCUT2D eigenvalue weighted by atomic mass is 10.1. The number of aromatic amines is 1. The second kappa shape index (κ2) is 10.5. The quantitative estimate of drug-likeness (QED) is 0.363. The second-order valence-corrected chi connectivity index (χ2v) is 6.12. The first kappa shape index (κ1) is 20.7. The predicted molar refractivity (Wildman–Crippen MR) is 111 cm³/mol. The van der Waals surface area contributed by atoms with Gasteiger partial charge in [-0.05, 0) is 25.5 Å².